The van der Waals surface area contributed by atoms with Gasteiger partial charge in [0.2, 0.25) is 0 Å². The Hall–Kier alpha value is -2.67. The van der Waals surface area contributed by atoms with Crippen LogP contribution in [0.4, 0.5) is 0 Å². The smallest absolute Gasteiger partial charge is 0.303 e. The highest BCUT2D eigenvalue weighted by molar-refractivity contribution is 5.68. The van der Waals surface area contributed by atoms with Gasteiger partial charge in [-0.25, -0.2) is 0 Å². The Morgan fingerprint density at radius 2 is 1.32 bits per heavy atom. The van der Waals surface area contributed by atoms with Crippen molar-refractivity contribution < 1.29 is 42.9 Å². The van der Waals surface area contributed by atoms with E-state index in [-0.39, 0.29) is 6.61 Å². The molecular weight excluding hydrogens is 338 g/mol. The lowest BCUT2D eigenvalue weighted by molar-refractivity contribution is -0.243. The van der Waals surface area contributed by atoms with E-state index in [0.717, 1.165) is 27.7 Å². The highest BCUT2D eigenvalue weighted by atomic mass is 16.7. The van der Waals surface area contributed by atoms with Gasteiger partial charge >= 0.3 is 23.9 Å². The van der Waals surface area contributed by atoms with Crippen LogP contribution in [0.1, 0.15) is 27.7 Å². The van der Waals surface area contributed by atoms with Gasteiger partial charge in [-0.15, -0.1) is 0 Å². The minimum absolute atomic E-state index is 0.351. The highest BCUT2D eigenvalue weighted by Crippen LogP contribution is 2.28. The molecule has 0 bridgehead atoms. The van der Waals surface area contributed by atoms with Gasteiger partial charge in [0.15, 0.2) is 24.4 Å². The summed E-state index contributed by atoms with van der Waals surface area (Å²) >= 11 is 0. The van der Waals surface area contributed by atoms with Crippen LogP contribution in [0.15, 0.2) is 0 Å². The molecule has 5 atom stereocenters. The third-order valence-electron chi connectivity index (χ3n) is 3.12. The number of carbonyl (C=O) groups excluding carboxylic acids is 4. The first-order valence-electron chi connectivity index (χ1n) is 7.35. The van der Waals surface area contributed by atoms with E-state index in [4.69, 9.17) is 23.7 Å². The van der Waals surface area contributed by atoms with Crippen molar-refractivity contribution in [3.63, 3.8) is 0 Å². The normalized spacial score (nSPS) is 28.2. The summed E-state index contributed by atoms with van der Waals surface area (Å²) in [6, 6.07) is 1.78. The largest absolute Gasteiger partial charge is 0.463 e. The van der Waals surface area contributed by atoms with Crippen molar-refractivity contribution in [3.8, 4) is 6.07 Å². The molecule has 0 saturated carbocycles. The quantitative estimate of drug-likeness (QED) is 0.473. The van der Waals surface area contributed by atoms with E-state index in [2.05, 4.69) is 0 Å². The Kier molecular flexibility index (Phi) is 7.32. The molecule has 10 heteroatoms. The minimum Gasteiger partial charge on any atom is -0.463 e. The summed E-state index contributed by atoms with van der Waals surface area (Å²) in [7, 11) is 0. The zero-order chi connectivity index (χ0) is 19.1. The molecule has 1 aliphatic heterocycles. The Balaban J connectivity index is 3.21. The Morgan fingerprint density at radius 3 is 1.76 bits per heavy atom. The van der Waals surface area contributed by atoms with Crippen LogP contribution in [-0.2, 0) is 42.9 Å². The van der Waals surface area contributed by atoms with Gasteiger partial charge in [-0.3, -0.25) is 19.2 Å². The predicted octanol–water partition coefficient (Wildman–Crippen LogP) is -0.364. The summed E-state index contributed by atoms with van der Waals surface area (Å²) in [5, 5.41) is 9.27. The second kappa shape index (κ2) is 8.98. The zero-order valence-corrected chi connectivity index (χ0v) is 14.2. The van der Waals surface area contributed by atoms with E-state index in [1.54, 1.807) is 6.07 Å². The van der Waals surface area contributed by atoms with Crippen molar-refractivity contribution in [2.24, 2.45) is 0 Å². The molecule has 0 N–H and O–H groups in total. The second-order valence-electron chi connectivity index (χ2n) is 5.25. The van der Waals surface area contributed by atoms with Gasteiger partial charge in [0.1, 0.15) is 12.7 Å². The average molecular weight is 357 g/mol. The van der Waals surface area contributed by atoms with Crippen molar-refractivity contribution in [2.75, 3.05) is 6.61 Å². The topological polar surface area (TPSA) is 138 Å². The van der Waals surface area contributed by atoms with Crippen LogP contribution in [0.3, 0.4) is 0 Å². The van der Waals surface area contributed by atoms with Crippen LogP contribution in [0.25, 0.3) is 0 Å². The van der Waals surface area contributed by atoms with E-state index >= 15 is 0 Å². The van der Waals surface area contributed by atoms with Crippen molar-refractivity contribution in [2.45, 2.75) is 58.2 Å². The highest BCUT2D eigenvalue weighted by Gasteiger charge is 2.52. The first kappa shape index (κ1) is 20.4. The molecule has 0 aliphatic carbocycles. The summed E-state index contributed by atoms with van der Waals surface area (Å²) in [5.41, 5.74) is 0. The molecular formula is C15H19NO9. The molecule has 1 rings (SSSR count). The summed E-state index contributed by atoms with van der Waals surface area (Å²) in [5.74, 6) is -2.84. The summed E-state index contributed by atoms with van der Waals surface area (Å²) in [4.78, 5) is 45.2. The molecule has 138 valence electrons. The summed E-state index contributed by atoms with van der Waals surface area (Å²) in [6.45, 7) is 4.14. The molecule has 10 nitrogen and oxygen atoms in total. The van der Waals surface area contributed by atoms with E-state index < -0.39 is 54.4 Å². The fourth-order valence-electron chi connectivity index (χ4n) is 2.33. The van der Waals surface area contributed by atoms with Gasteiger partial charge < -0.3 is 23.7 Å². The van der Waals surface area contributed by atoms with Crippen LogP contribution in [0.2, 0.25) is 0 Å². The SMILES string of the molecule is CC(=O)OC[C@H]1OC(C#N)[C@H](OC(C)=O)[C@@H](OC(C)=O)[C@H]1OC(C)=O. The number of esters is 4. The third kappa shape index (κ3) is 6.04. The predicted molar refractivity (Wildman–Crippen MR) is 77.6 cm³/mol. The fourth-order valence-corrected chi connectivity index (χ4v) is 2.33. The van der Waals surface area contributed by atoms with Gasteiger partial charge in [-0.05, 0) is 0 Å². The van der Waals surface area contributed by atoms with Gasteiger partial charge in [0, 0.05) is 27.7 Å². The summed E-state index contributed by atoms with van der Waals surface area (Å²) < 4.78 is 25.6. The van der Waals surface area contributed by atoms with Crippen LogP contribution in [-0.4, -0.2) is 61.0 Å². The van der Waals surface area contributed by atoms with Crippen molar-refractivity contribution >= 4 is 23.9 Å². The molecule has 0 amide bonds. The maximum atomic E-state index is 11.4. The van der Waals surface area contributed by atoms with Gasteiger partial charge in [-0.2, -0.15) is 5.26 Å². The number of nitrogens with zero attached hydrogens (tertiary/aromatic N) is 1. The van der Waals surface area contributed by atoms with Crippen LogP contribution >= 0.6 is 0 Å². The number of ether oxygens (including phenoxy) is 5. The standard InChI is InChI=1S/C15H19NO9/c1-7(17)21-6-12-14(23-9(3)19)15(24-10(4)20)13(22-8(2)18)11(5-16)25-12/h11-15H,6H2,1-4H3/t11?,12-,13+,14+,15-/m1/s1. The molecule has 0 spiro atoms. The number of hydrogen-bond acceptors (Lipinski definition) is 10. The molecule has 0 radical (unpaired) electrons. The fraction of sp³-hybridized carbons (Fsp3) is 0.667. The molecule has 0 aromatic carbocycles. The van der Waals surface area contributed by atoms with Crippen molar-refractivity contribution in [3.05, 3.63) is 0 Å². The molecule has 1 aliphatic rings. The number of rotatable bonds is 5. The van der Waals surface area contributed by atoms with Crippen molar-refractivity contribution in [1.82, 2.24) is 0 Å². The number of hydrogen-bond donors (Lipinski definition) is 0. The Morgan fingerprint density at radius 1 is 0.840 bits per heavy atom. The zero-order valence-electron chi connectivity index (χ0n) is 14.2. The lowest BCUT2D eigenvalue weighted by Crippen LogP contribution is -2.62. The molecule has 1 fully saturated rings. The molecule has 25 heavy (non-hydrogen) atoms. The monoisotopic (exact) mass is 357 g/mol. The maximum Gasteiger partial charge on any atom is 0.303 e. The van der Waals surface area contributed by atoms with E-state index in [0.29, 0.717) is 0 Å². The lowest BCUT2D eigenvalue weighted by atomic mass is 9.94. The van der Waals surface area contributed by atoms with Crippen LogP contribution in [0, 0.1) is 11.3 Å². The molecule has 0 aromatic heterocycles. The van der Waals surface area contributed by atoms with E-state index in [1.807, 2.05) is 0 Å². The lowest BCUT2D eigenvalue weighted by Gasteiger charge is -2.42. The third-order valence-corrected chi connectivity index (χ3v) is 3.12. The number of nitriles is 1. The molecule has 1 unspecified atom stereocenters. The molecule has 1 heterocycles. The molecule has 0 aromatic rings. The van der Waals surface area contributed by atoms with E-state index in [1.165, 1.54) is 0 Å². The minimum atomic E-state index is -1.32. The first-order valence-corrected chi connectivity index (χ1v) is 7.35. The maximum absolute atomic E-state index is 11.4. The molecule has 1 saturated heterocycles. The van der Waals surface area contributed by atoms with Crippen molar-refractivity contribution in [1.29, 1.82) is 5.26 Å². The second-order valence-corrected chi connectivity index (χ2v) is 5.25. The van der Waals surface area contributed by atoms with Gasteiger partial charge in [0.05, 0.1) is 6.07 Å². The van der Waals surface area contributed by atoms with E-state index in [9.17, 15) is 24.4 Å². The first-order chi connectivity index (χ1) is 11.6. The number of carbonyl (C=O) groups is 4. The van der Waals surface area contributed by atoms with Gasteiger partial charge in [-0.1, -0.05) is 0 Å². The Bertz CT molecular complexity index is 582. The van der Waals surface area contributed by atoms with Crippen LogP contribution in [0.5, 0.6) is 0 Å². The Labute approximate surface area is 143 Å². The van der Waals surface area contributed by atoms with Crippen LogP contribution < -0.4 is 0 Å². The average Bonchev–Trinajstić information content (AvgIpc) is 2.48. The van der Waals surface area contributed by atoms with Gasteiger partial charge in [0.25, 0.3) is 0 Å². The summed E-state index contributed by atoms with van der Waals surface area (Å²) in [6.07, 6.45) is -6.27.